The van der Waals surface area contributed by atoms with Crippen LogP contribution in [-0.2, 0) is 0 Å². The molecule has 0 spiro atoms. The smallest absolute Gasteiger partial charge is 0.198 e. The van der Waals surface area contributed by atoms with Crippen LogP contribution in [0.15, 0.2) is 24.3 Å². The molecule has 1 aromatic carbocycles. The van der Waals surface area contributed by atoms with Crippen LogP contribution in [-0.4, -0.2) is 43.6 Å². The fourth-order valence-electron chi connectivity index (χ4n) is 3.56. The van der Waals surface area contributed by atoms with Gasteiger partial charge in [0.05, 0.1) is 6.61 Å². The molecule has 0 bridgehead atoms. The first-order valence-electron chi connectivity index (χ1n) is 11.0. The van der Waals surface area contributed by atoms with E-state index in [0.717, 1.165) is 75.2 Å². The Hall–Kier alpha value is -1.75. The van der Waals surface area contributed by atoms with E-state index in [4.69, 9.17) is 15.9 Å². The average Bonchev–Trinajstić information content (AvgIpc) is 2.69. The van der Waals surface area contributed by atoms with Crippen LogP contribution >= 0.6 is 0 Å². The van der Waals surface area contributed by atoms with Gasteiger partial charge in [-0.05, 0) is 74.8 Å². The third kappa shape index (κ3) is 7.34. The average molecular weight is 389 g/mol. The van der Waals surface area contributed by atoms with Crippen LogP contribution in [0.25, 0.3) is 0 Å². The quantitative estimate of drug-likeness (QED) is 0.346. The van der Waals surface area contributed by atoms with E-state index in [9.17, 15) is 0 Å². The Bertz CT molecular complexity index is 564. The van der Waals surface area contributed by atoms with Crippen molar-refractivity contribution in [2.45, 2.75) is 59.3 Å². The molecule has 1 aliphatic heterocycles. The Morgan fingerprint density at radius 1 is 1.18 bits per heavy atom. The summed E-state index contributed by atoms with van der Waals surface area (Å²) in [5.41, 5.74) is 6.79. The van der Waals surface area contributed by atoms with Gasteiger partial charge in [-0.25, -0.2) is 0 Å². The molecule has 0 aromatic heterocycles. The van der Waals surface area contributed by atoms with E-state index in [2.05, 4.69) is 42.7 Å². The summed E-state index contributed by atoms with van der Waals surface area (Å²) in [5, 5.41) is 8.75. The second-order valence-corrected chi connectivity index (χ2v) is 8.52. The van der Waals surface area contributed by atoms with Crippen molar-refractivity contribution in [2.75, 3.05) is 37.7 Å². The highest BCUT2D eigenvalue weighted by Gasteiger charge is 2.22. The molecule has 0 saturated carbocycles. The maximum Gasteiger partial charge on any atom is 0.198 e. The van der Waals surface area contributed by atoms with Gasteiger partial charge in [0.1, 0.15) is 5.75 Å². The molecule has 5 nitrogen and oxygen atoms in total. The number of ether oxygens (including phenoxy) is 1. The molecule has 28 heavy (non-hydrogen) atoms. The minimum absolute atomic E-state index is 0.600. The summed E-state index contributed by atoms with van der Waals surface area (Å²) in [5.74, 6) is 3.03. The first-order chi connectivity index (χ1) is 13.5. The predicted molar refractivity (Wildman–Crippen MR) is 119 cm³/mol. The summed E-state index contributed by atoms with van der Waals surface area (Å²) in [7, 11) is 0. The van der Waals surface area contributed by atoms with Crippen molar-refractivity contribution in [2.24, 2.45) is 17.6 Å². The number of hydrogen-bond acceptors (Lipinski definition) is 3. The Morgan fingerprint density at radius 2 is 1.86 bits per heavy atom. The van der Waals surface area contributed by atoms with Gasteiger partial charge in [0.25, 0.3) is 0 Å². The molecule has 0 unspecified atom stereocenters. The van der Waals surface area contributed by atoms with Crippen molar-refractivity contribution in [3.05, 3.63) is 24.3 Å². The lowest BCUT2D eigenvalue weighted by molar-refractivity contribution is 0.275. The van der Waals surface area contributed by atoms with E-state index in [0.29, 0.717) is 12.5 Å². The number of guanidine groups is 1. The van der Waals surface area contributed by atoms with E-state index >= 15 is 0 Å². The minimum Gasteiger partial charge on any atom is -0.494 e. The molecule has 0 radical (unpaired) electrons. The molecular weight excluding hydrogens is 348 g/mol. The van der Waals surface area contributed by atoms with Crippen molar-refractivity contribution in [3.8, 4) is 5.75 Å². The maximum absolute atomic E-state index is 8.75. The fraction of sp³-hybridized carbons (Fsp3) is 0.696. The molecule has 0 atom stereocenters. The van der Waals surface area contributed by atoms with Crippen molar-refractivity contribution >= 4 is 11.6 Å². The number of hydrogen-bond donors (Lipinski definition) is 2. The molecule has 0 amide bonds. The zero-order valence-corrected chi connectivity index (χ0v) is 18.1. The number of rotatable bonds is 10. The van der Waals surface area contributed by atoms with Gasteiger partial charge in [-0.1, -0.05) is 27.2 Å². The molecule has 5 heteroatoms. The van der Waals surface area contributed by atoms with Crippen LogP contribution in [0.5, 0.6) is 5.75 Å². The molecular formula is C23H40N4O. The molecule has 2 rings (SSSR count). The number of nitrogens with zero attached hydrogens (tertiary/aromatic N) is 2. The van der Waals surface area contributed by atoms with E-state index < -0.39 is 0 Å². The molecule has 1 heterocycles. The van der Waals surface area contributed by atoms with Crippen LogP contribution in [0.4, 0.5) is 5.69 Å². The van der Waals surface area contributed by atoms with Crippen molar-refractivity contribution < 1.29 is 4.74 Å². The minimum atomic E-state index is 0.600. The van der Waals surface area contributed by atoms with Crippen LogP contribution in [0, 0.1) is 17.2 Å². The first-order valence-corrected chi connectivity index (χ1v) is 11.0. The summed E-state index contributed by atoms with van der Waals surface area (Å²) < 4.78 is 5.89. The second-order valence-electron chi connectivity index (χ2n) is 8.52. The molecule has 1 aromatic rings. The Balaban J connectivity index is 1.92. The summed E-state index contributed by atoms with van der Waals surface area (Å²) >= 11 is 0. The number of likely N-dealkylation sites (tertiary alicyclic amines) is 1. The normalized spacial score (nSPS) is 15.1. The van der Waals surface area contributed by atoms with Gasteiger partial charge in [-0.3, -0.25) is 5.41 Å². The molecule has 1 fully saturated rings. The van der Waals surface area contributed by atoms with Crippen molar-refractivity contribution in [1.29, 1.82) is 5.41 Å². The predicted octanol–water partition coefficient (Wildman–Crippen LogP) is 4.71. The van der Waals surface area contributed by atoms with Gasteiger partial charge in [0.2, 0.25) is 0 Å². The van der Waals surface area contributed by atoms with E-state index in [1.54, 1.807) is 0 Å². The lowest BCUT2D eigenvalue weighted by Gasteiger charge is -2.37. The summed E-state index contributed by atoms with van der Waals surface area (Å²) in [4.78, 5) is 4.30. The van der Waals surface area contributed by atoms with Crippen LogP contribution < -0.4 is 15.4 Å². The second kappa shape index (κ2) is 11.9. The summed E-state index contributed by atoms with van der Waals surface area (Å²) in [6, 6.07) is 8.19. The molecule has 1 saturated heterocycles. The standard InChI is InChI=1S/C23H40N4O/c1-19(2)7-4-5-18-28-22-10-8-21(9-11-22)27(15-6-14-24)23(25)26-16-12-20(3)13-17-26/h8-11,19-20,25H,4-7,12-18,24H2,1-3H3. The topological polar surface area (TPSA) is 65.6 Å². The molecule has 1 aliphatic rings. The highest BCUT2D eigenvalue weighted by atomic mass is 16.5. The monoisotopic (exact) mass is 388 g/mol. The summed E-state index contributed by atoms with van der Waals surface area (Å²) in [6.45, 7) is 10.9. The fourth-order valence-corrected chi connectivity index (χ4v) is 3.56. The SMILES string of the molecule is CC(C)CCCCOc1ccc(N(CCCN)C(=N)N2CCC(C)CC2)cc1. The molecule has 0 aliphatic carbocycles. The highest BCUT2D eigenvalue weighted by molar-refractivity contribution is 5.93. The van der Waals surface area contributed by atoms with Gasteiger partial charge < -0.3 is 20.3 Å². The number of unbranched alkanes of at least 4 members (excludes halogenated alkanes) is 1. The van der Waals surface area contributed by atoms with Gasteiger partial charge in [0, 0.05) is 25.3 Å². The largest absolute Gasteiger partial charge is 0.494 e. The van der Waals surface area contributed by atoms with Gasteiger partial charge in [0.15, 0.2) is 5.96 Å². The number of anilines is 1. The van der Waals surface area contributed by atoms with Gasteiger partial charge in [-0.15, -0.1) is 0 Å². The Labute approximate surface area is 171 Å². The summed E-state index contributed by atoms with van der Waals surface area (Å²) in [6.07, 6.45) is 6.78. The van der Waals surface area contributed by atoms with Gasteiger partial charge in [-0.2, -0.15) is 0 Å². The zero-order valence-electron chi connectivity index (χ0n) is 18.1. The third-order valence-electron chi connectivity index (χ3n) is 5.52. The molecule has 3 N–H and O–H groups in total. The van der Waals surface area contributed by atoms with E-state index in [-0.39, 0.29) is 0 Å². The first kappa shape index (κ1) is 22.5. The maximum atomic E-state index is 8.75. The number of benzene rings is 1. The number of nitrogens with two attached hydrogens (primary N) is 1. The lowest BCUT2D eigenvalue weighted by atomic mass is 9.99. The highest BCUT2D eigenvalue weighted by Crippen LogP contribution is 2.23. The van der Waals surface area contributed by atoms with Crippen molar-refractivity contribution in [1.82, 2.24) is 4.90 Å². The number of nitrogens with one attached hydrogen (secondary N) is 1. The van der Waals surface area contributed by atoms with Crippen molar-refractivity contribution in [3.63, 3.8) is 0 Å². The third-order valence-corrected chi connectivity index (χ3v) is 5.52. The zero-order chi connectivity index (χ0) is 20.4. The molecule has 158 valence electrons. The van der Waals surface area contributed by atoms with Gasteiger partial charge >= 0.3 is 0 Å². The lowest BCUT2D eigenvalue weighted by Crippen LogP contribution is -2.47. The van der Waals surface area contributed by atoms with Crippen LogP contribution in [0.1, 0.15) is 59.3 Å². The Kier molecular flexibility index (Phi) is 9.62. The van der Waals surface area contributed by atoms with Crippen LogP contribution in [0.3, 0.4) is 0 Å². The Morgan fingerprint density at radius 3 is 2.46 bits per heavy atom. The number of piperidine rings is 1. The van der Waals surface area contributed by atoms with Crippen LogP contribution in [0.2, 0.25) is 0 Å². The van der Waals surface area contributed by atoms with E-state index in [1.807, 2.05) is 12.1 Å². The van der Waals surface area contributed by atoms with E-state index in [1.165, 1.54) is 12.8 Å².